The fourth-order valence-electron chi connectivity index (χ4n) is 4.74. The molecule has 1 unspecified atom stereocenters. The maximum Gasteiger partial charge on any atom is 0.267 e. The Labute approximate surface area is 129 Å². The zero-order valence-corrected chi connectivity index (χ0v) is 13.2. The first-order chi connectivity index (χ1) is 10.5. The van der Waals surface area contributed by atoms with Crippen LogP contribution < -0.4 is 5.73 Å². The van der Waals surface area contributed by atoms with E-state index in [9.17, 15) is 4.79 Å². The number of hydrogen-bond acceptors (Lipinski definition) is 4. The lowest BCUT2D eigenvalue weighted by atomic mass is 9.59. The molecule has 6 heteroatoms. The van der Waals surface area contributed by atoms with E-state index in [1.165, 1.54) is 0 Å². The molecule has 2 aliphatic carbocycles. The van der Waals surface area contributed by atoms with E-state index in [0.717, 1.165) is 43.4 Å². The van der Waals surface area contributed by atoms with Crippen LogP contribution in [0.15, 0.2) is 0 Å². The maximum atomic E-state index is 11.7. The lowest BCUT2D eigenvalue weighted by molar-refractivity contribution is -0.199. The highest BCUT2D eigenvalue weighted by atomic mass is 16.7. The smallest absolute Gasteiger partial charge is 0.267 e. The summed E-state index contributed by atoms with van der Waals surface area (Å²) in [5, 5.41) is 4.68. The number of carbonyl (C=O) groups is 1. The Kier molecular flexibility index (Phi) is 2.94. The number of ether oxygens (including phenoxy) is 2. The number of aromatic nitrogens is 2. The molecule has 4 rings (SSSR count). The first kappa shape index (κ1) is 14.2. The first-order valence-corrected chi connectivity index (χ1v) is 8.09. The normalized spacial score (nSPS) is 32.7. The Hall–Kier alpha value is -1.40. The molecular weight excluding hydrogens is 282 g/mol. The second-order valence-electron chi connectivity index (χ2n) is 7.13. The third-order valence-electron chi connectivity index (χ3n) is 5.96. The van der Waals surface area contributed by atoms with Gasteiger partial charge in [0.25, 0.3) is 5.91 Å². The van der Waals surface area contributed by atoms with Crippen LogP contribution >= 0.6 is 0 Å². The van der Waals surface area contributed by atoms with Crippen LogP contribution in [-0.2, 0) is 28.4 Å². The van der Waals surface area contributed by atoms with Gasteiger partial charge >= 0.3 is 0 Å². The molecule has 1 aliphatic heterocycles. The van der Waals surface area contributed by atoms with Crippen LogP contribution in [0, 0.1) is 5.92 Å². The molecule has 2 N–H and O–H groups in total. The van der Waals surface area contributed by atoms with Crippen molar-refractivity contribution in [3.63, 3.8) is 0 Å². The highest BCUT2D eigenvalue weighted by molar-refractivity contribution is 5.93. The van der Waals surface area contributed by atoms with Crippen LogP contribution in [0.4, 0.5) is 0 Å². The molecule has 1 spiro atoms. The highest BCUT2D eigenvalue weighted by Crippen LogP contribution is 2.54. The van der Waals surface area contributed by atoms with Crippen LogP contribution in [0.2, 0.25) is 0 Å². The monoisotopic (exact) mass is 305 g/mol. The van der Waals surface area contributed by atoms with Crippen molar-refractivity contribution < 1.29 is 14.3 Å². The average Bonchev–Trinajstić information content (AvgIpc) is 3.05. The fourth-order valence-corrected chi connectivity index (χ4v) is 4.74. The van der Waals surface area contributed by atoms with Crippen molar-refractivity contribution in [1.29, 1.82) is 0 Å². The number of nitrogens with zero attached hydrogens (tertiary/aromatic N) is 2. The van der Waals surface area contributed by atoms with Gasteiger partial charge in [0.2, 0.25) is 0 Å². The summed E-state index contributed by atoms with van der Waals surface area (Å²) in [5.41, 5.74) is 8.22. The second kappa shape index (κ2) is 4.55. The Balaban J connectivity index is 1.73. The van der Waals surface area contributed by atoms with E-state index >= 15 is 0 Å². The molecule has 1 aromatic rings. The van der Waals surface area contributed by atoms with E-state index < -0.39 is 0 Å². The van der Waals surface area contributed by atoms with Crippen LogP contribution in [0.5, 0.6) is 0 Å². The Bertz CT molecular complexity index is 633. The standard InChI is InChI=1S/C16H23N3O3/c1-15-5-6-16(21-7-8-22-16)9-10(15)3-4-11-12(14(17)20)19(2)18-13(11)15/h10H,3-9H2,1-2H3,(H2,17,20)/t10?,15-/m0/s1. The molecular formula is C16H23N3O3. The third-order valence-corrected chi connectivity index (χ3v) is 5.96. The number of carbonyl (C=O) groups excluding carboxylic acids is 1. The molecule has 22 heavy (non-hydrogen) atoms. The number of hydrogen-bond donors (Lipinski definition) is 1. The first-order valence-electron chi connectivity index (χ1n) is 8.09. The molecule has 0 aromatic carbocycles. The van der Waals surface area contributed by atoms with Crippen molar-refractivity contribution in [3.05, 3.63) is 17.0 Å². The zero-order valence-electron chi connectivity index (χ0n) is 13.2. The summed E-state index contributed by atoms with van der Waals surface area (Å²) in [5.74, 6) is -0.279. The summed E-state index contributed by atoms with van der Waals surface area (Å²) < 4.78 is 13.5. The molecule has 3 aliphatic rings. The topological polar surface area (TPSA) is 79.4 Å². The van der Waals surface area contributed by atoms with Gasteiger partial charge < -0.3 is 15.2 Å². The molecule has 1 saturated carbocycles. The van der Waals surface area contributed by atoms with E-state index in [0.29, 0.717) is 24.8 Å². The van der Waals surface area contributed by atoms with E-state index in [2.05, 4.69) is 12.0 Å². The lowest BCUT2D eigenvalue weighted by Gasteiger charge is -2.49. The number of fused-ring (bicyclic) bond motifs is 3. The molecule has 2 atom stereocenters. The van der Waals surface area contributed by atoms with Gasteiger partial charge in [-0.2, -0.15) is 5.10 Å². The summed E-state index contributed by atoms with van der Waals surface area (Å²) in [4.78, 5) is 11.7. The number of primary amides is 1. The lowest BCUT2D eigenvalue weighted by Crippen LogP contribution is -2.49. The summed E-state index contributed by atoms with van der Waals surface area (Å²) in [6.07, 6.45) is 4.68. The molecule has 1 amide bonds. The summed E-state index contributed by atoms with van der Waals surface area (Å²) >= 11 is 0. The minimum absolute atomic E-state index is 0.0143. The molecule has 0 radical (unpaired) electrons. The van der Waals surface area contributed by atoms with Crippen LogP contribution in [0.25, 0.3) is 0 Å². The average molecular weight is 305 g/mol. The Morgan fingerprint density at radius 2 is 2.09 bits per heavy atom. The van der Waals surface area contributed by atoms with Gasteiger partial charge in [0.1, 0.15) is 5.69 Å². The Morgan fingerprint density at radius 3 is 2.77 bits per heavy atom. The van der Waals surface area contributed by atoms with E-state index in [-0.39, 0.29) is 17.1 Å². The van der Waals surface area contributed by atoms with E-state index in [1.807, 2.05) is 7.05 Å². The van der Waals surface area contributed by atoms with Gasteiger partial charge in [0, 0.05) is 30.9 Å². The number of amides is 1. The van der Waals surface area contributed by atoms with Gasteiger partial charge in [-0.05, 0) is 25.2 Å². The quantitative estimate of drug-likeness (QED) is 0.847. The van der Waals surface area contributed by atoms with E-state index in [1.54, 1.807) is 4.68 Å². The van der Waals surface area contributed by atoms with Gasteiger partial charge in [0.15, 0.2) is 5.79 Å². The van der Waals surface area contributed by atoms with Crippen molar-refractivity contribution in [3.8, 4) is 0 Å². The van der Waals surface area contributed by atoms with Gasteiger partial charge in [-0.15, -0.1) is 0 Å². The van der Waals surface area contributed by atoms with Crippen LogP contribution in [0.1, 0.15) is 54.4 Å². The number of nitrogens with two attached hydrogens (primary N) is 1. The van der Waals surface area contributed by atoms with E-state index in [4.69, 9.17) is 15.2 Å². The third kappa shape index (κ3) is 1.80. The van der Waals surface area contributed by atoms with Crippen LogP contribution in [-0.4, -0.2) is 34.7 Å². The van der Waals surface area contributed by atoms with Crippen molar-refractivity contribution in [1.82, 2.24) is 9.78 Å². The molecule has 1 aromatic heterocycles. The van der Waals surface area contributed by atoms with Gasteiger partial charge in [-0.1, -0.05) is 6.92 Å². The highest BCUT2D eigenvalue weighted by Gasteiger charge is 2.54. The Morgan fingerprint density at radius 1 is 1.36 bits per heavy atom. The number of aryl methyl sites for hydroxylation is 1. The summed E-state index contributed by atoms with van der Waals surface area (Å²) in [7, 11) is 1.81. The maximum absolute atomic E-state index is 11.7. The fraction of sp³-hybridized carbons (Fsp3) is 0.750. The largest absolute Gasteiger partial charge is 0.364 e. The SMILES string of the molecule is Cn1nc2c(c1C(N)=O)CCC1CC3(CC[C@]21C)OCCO3. The summed E-state index contributed by atoms with van der Waals surface area (Å²) in [6, 6.07) is 0. The minimum Gasteiger partial charge on any atom is -0.364 e. The molecule has 1 saturated heterocycles. The van der Waals surface area contributed by atoms with Gasteiger partial charge in [-0.3, -0.25) is 9.48 Å². The van der Waals surface area contributed by atoms with Crippen molar-refractivity contribution in [2.24, 2.45) is 18.7 Å². The van der Waals surface area contributed by atoms with Gasteiger partial charge in [-0.25, -0.2) is 0 Å². The van der Waals surface area contributed by atoms with Crippen molar-refractivity contribution in [2.75, 3.05) is 13.2 Å². The molecule has 120 valence electrons. The predicted octanol–water partition coefficient (Wildman–Crippen LogP) is 1.27. The predicted molar refractivity (Wildman–Crippen MR) is 79.4 cm³/mol. The molecule has 2 heterocycles. The summed E-state index contributed by atoms with van der Waals surface area (Å²) in [6.45, 7) is 3.67. The minimum atomic E-state index is -0.381. The molecule has 0 bridgehead atoms. The zero-order chi connectivity index (χ0) is 15.5. The van der Waals surface area contributed by atoms with Crippen molar-refractivity contribution in [2.45, 2.75) is 50.2 Å². The van der Waals surface area contributed by atoms with Crippen molar-refractivity contribution >= 4 is 5.91 Å². The molecule has 6 nitrogen and oxygen atoms in total. The van der Waals surface area contributed by atoms with Crippen LogP contribution in [0.3, 0.4) is 0 Å². The second-order valence-corrected chi connectivity index (χ2v) is 7.13. The molecule has 2 fully saturated rings. The number of rotatable bonds is 1. The van der Waals surface area contributed by atoms with Gasteiger partial charge in [0.05, 0.1) is 18.9 Å².